The third kappa shape index (κ3) is 2.98. The Morgan fingerprint density at radius 1 is 1.19 bits per heavy atom. The van der Waals surface area contributed by atoms with E-state index in [0.717, 1.165) is 45.5 Å². The van der Waals surface area contributed by atoms with E-state index in [0.29, 0.717) is 10.7 Å². The van der Waals surface area contributed by atoms with Crippen molar-refractivity contribution in [2.75, 3.05) is 7.05 Å². The molecule has 0 aliphatic heterocycles. The number of hydrogen-bond donors (Lipinski definition) is 3. The number of H-pyrrole nitrogens is 2. The molecule has 0 aliphatic rings. The summed E-state index contributed by atoms with van der Waals surface area (Å²) in [5.41, 5.74) is 5.55. The van der Waals surface area contributed by atoms with E-state index in [1.807, 2.05) is 36.5 Å². The van der Waals surface area contributed by atoms with Crippen molar-refractivity contribution >= 4 is 28.5 Å². The summed E-state index contributed by atoms with van der Waals surface area (Å²) >= 11 is 6.24. The van der Waals surface area contributed by atoms with Crippen molar-refractivity contribution in [3.63, 3.8) is 0 Å². The first kappa shape index (κ1) is 17.3. The van der Waals surface area contributed by atoms with Crippen LogP contribution in [0.4, 0.5) is 0 Å². The summed E-state index contributed by atoms with van der Waals surface area (Å²) in [6.45, 7) is 2.08. The van der Waals surface area contributed by atoms with Crippen molar-refractivity contribution in [1.82, 2.24) is 25.3 Å². The topological polar surface area (TPSA) is 86.5 Å². The van der Waals surface area contributed by atoms with Crippen LogP contribution in [0.2, 0.25) is 5.02 Å². The van der Waals surface area contributed by atoms with E-state index in [4.69, 9.17) is 11.6 Å². The number of fused-ring (bicyclic) bond motifs is 1. The first-order valence-corrected chi connectivity index (χ1v) is 9.02. The van der Waals surface area contributed by atoms with Gasteiger partial charge in [-0.2, -0.15) is 0 Å². The Kier molecular flexibility index (Phi) is 4.41. The van der Waals surface area contributed by atoms with Gasteiger partial charge in [-0.15, -0.1) is 0 Å². The van der Waals surface area contributed by atoms with E-state index >= 15 is 0 Å². The maximum atomic E-state index is 12.5. The molecule has 0 aliphatic carbocycles. The summed E-state index contributed by atoms with van der Waals surface area (Å²) in [5.74, 6) is -0.197. The molecule has 0 bridgehead atoms. The van der Waals surface area contributed by atoms with Gasteiger partial charge >= 0.3 is 0 Å². The van der Waals surface area contributed by atoms with E-state index < -0.39 is 0 Å². The molecule has 27 heavy (non-hydrogen) atoms. The molecule has 3 aromatic heterocycles. The van der Waals surface area contributed by atoms with E-state index in [2.05, 4.69) is 32.2 Å². The Morgan fingerprint density at radius 3 is 2.81 bits per heavy atom. The second-order valence-electron chi connectivity index (χ2n) is 6.17. The zero-order valence-electron chi connectivity index (χ0n) is 14.9. The minimum absolute atomic E-state index is 0.197. The second kappa shape index (κ2) is 6.89. The highest BCUT2D eigenvalue weighted by molar-refractivity contribution is 6.31. The molecule has 3 N–H and O–H groups in total. The van der Waals surface area contributed by atoms with Gasteiger partial charge in [0, 0.05) is 29.2 Å². The lowest BCUT2D eigenvalue weighted by molar-refractivity contribution is 0.0959. The highest BCUT2D eigenvalue weighted by Gasteiger charge is 2.20. The van der Waals surface area contributed by atoms with Gasteiger partial charge in [-0.3, -0.25) is 4.79 Å². The number of nitrogens with one attached hydrogen (secondary N) is 3. The van der Waals surface area contributed by atoms with Gasteiger partial charge < -0.3 is 15.3 Å². The molecular weight excluding hydrogens is 362 g/mol. The largest absolute Gasteiger partial charge is 0.354 e. The second-order valence-corrected chi connectivity index (χ2v) is 6.60. The van der Waals surface area contributed by atoms with Crippen molar-refractivity contribution in [1.29, 1.82) is 0 Å². The third-order valence-corrected chi connectivity index (χ3v) is 4.86. The highest BCUT2D eigenvalue weighted by Crippen LogP contribution is 2.35. The number of nitrogens with zero attached hydrogens (tertiary/aromatic N) is 2. The molecule has 4 rings (SSSR count). The standard InChI is InChI=1S/C20H18ClN5O/c1-3-11-4-5-12(21)8-14(11)15-9-16(26-18(15)20(27)22-2)17-13-6-7-23-19(13)25-10-24-17/h4-10,26H,3H2,1-2H3,(H,22,27)(H,23,24,25). The molecule has 7 heteroatoms. The SMILES string of the molecule is CCc1ccc(Cl)cc1-c1cc(-c2ncnc3[nH]ccc23)[nH]c1C(=O)NC. The number of rotatable bonds is 4. The summed E-state index contributed by atoms with van der Waals surface area (Å²) in [7, 11) is 1.61. The van der Waals surface area contributed by atoms with Gasteiger partial charge in [-0.1, -0.05) is 24.6 Å². The van der Waals surface area contributed by atoms with E-state index in [1.165, 1.54) is 6.33 Å². The maximum Gasteiger partial charge on any atom is 0.268 e. The number of aromatic amines is 2. The third-order valence-electron chi connectivity index (χ3n) is 4.62. The van der Waals surface area contributed by atoms with Crippen LogP contribution in [0.5, 0.6) is 0 Å². The predicted molar refractivity (Wildman–Crippen MR) is 107 cm³/mol. The lowest BCUT2D eigenvalue weighted by atomic mass is 9.97. The molecule has 0 spiro atoms. The summed E-state index contributed by atoms with van der Waals surface area (Å²) in [6.07, 6.45) is 4.15. The van der Waals surface area contributed by atoms with Crippen LogP contribution >= 0.6 is 11.6 Å². The number of carbonyl (C=O) groups excluding carboxylic acids is 1. The van der Waals surface area contributed by atoms with Gasteiger partial charge in [-0.05, 0) is 41.8 Å². The first-order valence-electron chi connectivity index (χ1n) is 8.64. The molecule has 1 amide bonds. The van der Waals surface area contributed by atoms with E-state index in [-0.39, 0.29) is 5.91 Å². The smallest absolute Gasteiger partial charge is 0.268 e. The quantitative estimate of drug-likeness (QED) is 0.496. The number of halogens is 1. The van der Waals surface area contributed by atoms with Gasteiger partial charge in [0.05, 0.1) is 11.4 Å². The molecule has 0 fully saturated rings. The van der Waals surface area contributed by atoms with Gasteiger partial charge in [-0.25, -0.2) is 9.97 Å². The zero-order valence-corrected chi connectivity index (χ0v) is 15.7. The number of amides is 1. The van der Waals surface area contributed by atoms with Crippen LogP contribution in [-0.4, -0.2) is 32.9 Å². The Balaban J connectivity index is 1.97. The number of aromatic nitrogens is 4. The number of carbonyl (C=O) groups is 1. The summed E-state index contributed by atoms with van der Waals surface area (Å²) in [5, 5.41) is 4.21. The molecule has 3 heterocycles. The zero-order chi connectivity index (χ0) is 19.0. The number of aryl methyl sites for hydroxylation is 1. The fraction of sp³-hybridized carbons (Fsp3) is 0.150. The van der Waals surface area contributed by atoms with Crippen molar-refractivity contribution in [3.05, 3.63) is 59.1 Å². The Labute approximate surface area is 161 Å². The average Bonchev–Trinajstić information content (AvgIpc) is 3.34. The number of hydrogen-bond acceptors (Lipinski definition) is 3. The van der Waals surface area contributed by atoms with Crippen molar-refractivity contribution in [3.8, 4) is 22.5 Å². The summed E-state index contributed by atoms with van der Waals surface area (Å²) < 4.78 is 0. The van der Waals surface area contributed by atoms with E-state index in [9.17, 15) is 4.79 Å². The van der Waals surface area contributed by atoms with Crippen LogP contribution in [-0.2, 0) is 6.42 Å². The fourth-order valence-corrected chi connectivity index (χ4v) is 3.47. The molecule has 1 aromatic carbocycles. The van der Waals surface area contributed by atoms with Crippen LogP contribution in [0.1, 0.15) is 23.0 Å². The molecule has 0 atom stereocenters. The molecule has 136 valence electrons. The molecule has 4 aromatic rings. The Bertz CT molecular complexity index is 1140. The van der Waals surface area contributed by atoms with Crippen LogP contribution in [0.3, 0.4) is 0 Å². The Hall–Kier alpha value is -3.12. The first-order chi connectivity index (χ1) is 13.1. The normalized spacial score (nSPS) is 11.1. The van der Waals surface area contributed by atoms with Gasteiger partial charge in [0.2, 0.25) is 0 Å². The maximum absolute atomic E-state index is 12.5. The van der Waals surface area contributed by atoms with Crippen LogP contribution in [0, 0.1) is 0 Å². The minimum Gasteiger partial charge on any atom is -0.354 e. The predicted octanol–water partition coefficient (Wildman–Crippen LogP) is 4.20. The van der Waals surface area contributed by atoms with Crippen LogP contribution in [0.25, 0.3) is 33.5 Å². The van der Waals surface area contributed by atoms with Gasteiger partial charge in [0.15, 0.2) is 0 Å². The molecule has 0 saturated heterocycles. The lowest BCUT2D eigenvalue weighted by Crippen LogP contribution is -2.19. The van der Waals surface area contributed by atoms with Gasteiger partial charge in [0.1, 0.15) is 17.7 Å². The van der Waals surface area contributed by atoms with Crippen LogP contribution in [0.15, 0.2) is 42.9 Å². The van der Waals surface area contributed by atoms with Gasteiger partial charge in [0.25, 0.3) is 5.91 Å². The average molecular weight is 380 g/mol. The fourth-order valence-electron chi connectivity index (χ4n) is 3.29. The summed E-state index contributed by atoms with van der Waals surface area (Å²) in [6, 6.07) is 9.62. The van der Waals surface area contributed by atoms with Crippen molar-refractivity contribution in [2.24, 2.45) is 0 Å². The van der Waals surface area contributed by atoms with Crippen LogP contribution < -0.4 is 5.32 Å². The monoisotopic (exact) mass is 379 g/mol. The summed E-state index contributed by atoms with van der Waals surface area (Å²) in [4.78, 5) is 27.5. The van der Waals surface area contributed by atoms with E-state index in [1.54, 1.807) is 7.05 Å². The Morgan fingerprint density at radius 2 is 2.04 bits per heavy atom. The van der Waals surface area contributed by atoms with Crippen molar-refractivity contribution < 1.29 is 4.79 Å². The highest BCUT2D eigenvalue weighted by atomic mass is 35.5. The molecule has 6 nitrogen and oxygen atoms in total. The molecular formula is C20H18ClN5O. The minimum atomic E-state index is -0.197. The molecule has 0 unspecified atom stereocenters. The lowest BCUT2D eigenvalue weighted by Gasteiger charge is -2.09. The molecule has 0 saturated carbocycles. The number of benzene rings is 1. The van der Waals surface area contributed by atoms with Crippen molar-refractivity contribution in [2.45, 2.75) is 13.3 Å². The molecule has 0 radical (unpaired) electrons.